The number of halogens is 2. The van der Waals surface area contributed by atoms with Crippen molar-refractivity contribution in [3.8, 4) is 11.5 Å². The van der Waals surface area contributed by atoms with Gasteiger partial charge in [-0.25, -0.2) is 0 Å². The van der Waals surface area contributed by atoms with Crippen LogP contribution >= 0.6 is 23.2 Å². The summed E-state index contributed by atoms with van der Waals surface area (Å²) in [5.74, 6) is 1.84. The third-order valence-corrected chi connectivity index (χ3v) is 5.68. The van der Waals surface area contributed by atoms with Gasteiger partial charge in [-0.15, -0.1) is 0 Å². The highest BCUT2D eigenvalue weighted by Gasteiger charge is 2.27. The molecule has 2 aliphatic rings. The maximum atomic E-state index is 6.04. The van der Waals surface area contributed by atoms with Crippen molar-refractivity contribution in [1.82, 2.24) is 0 Å². The maximum absolute atomic E-state index is 6.04. The summed E-state index contributed by atoms with van der Waals surface area (Å²) in [6.45, 7) is 2.54. The average Bonchev–Trinajstić information content (AvgIpc) is 2.74. The van der Waals surface area contributed by atoms with Crippen molar-refractivity contribution in [3.05, 3.63) is 81.8 Å². The van der Waals surface area contributed by atoms with Crippen LogP contribution in [0.2, 0.25) is 10.0 Å². The highest BCUT2D eigenvalue weighted by atomic mass is 35.5. The molecule has 0 N–H and O–H groups in total. The third-order valence-electron chi connectivity index (χ3n) is 5.18. The molecule has 28 heavy (non-hydrogen) atoms. The van der Waals surface area contributed by atoms with E-state index in [0.29, 0.717) is 13.5 Å². The number of nitrogens with zero attached hydrogens (tertiary/aromatic N) is 2. The Morgan fingerprint density at radius 3 is 1.36 bits per heavy atom. The Morgan fingerprint density at radius 2 is 0.964 bits per heavy atom. The zero-order valence-electron chi connectivity index (χ0n) is 15.1. The normalized spacial score (nSPS) is 15.4. The molecule has 6 heteroatoms. The molecule has 0 saturated carbocycles. The average molecular weight is 413 g/mol. The summed E-state index contributed by atoms with van der Waals surface area (Å²) < 4.78 is 12.1. The van der Waals surface area contributed by atoms with E-state index in [4.69, 9.17) is 32.7 Å². The van der Waals surface area contributed by atoms with E-state index in [1.807, 2.05) is 60.7 Å². The van der Waals surface area contributed by atoms with Crippen LogP contribution < -0.4 is 19.3 Å². The van der Waals surface area contributed by atoms with Gasteiger partial charge in [0.2, 0.25) is 0 Å². The van der Waals surface area contributed by atoms with Gasteiger partial charge < -0.3 is 19.3 Å². The van der Waals surface area contributed by atoms with Gasteiger partial charge in [0, 0.05) is 32.5 Å². The second-order valence-corrected chi connectivity index (χ2v) is 7.79. The van der Waals surface area contributed by atoms with E-state index >= 15 is 0 Å². The zero-order valence-corrected chi connectivity index (χ0v) is 16.6. The number of fused-ring (bicyclic) bond motifs is 3. The van der Waals surface area contributed by atoms with Crippen LogP contribution in [0.3, 0.4) is 0 Å². The molecule has 4 nitrogen and oxygen atoms in total. The van der Waals surface area contributed by atoms with Crippen molar-refractivity contribution < 1.29 is 9.47 Å². The van der Waals surface area contributed by atoms with Crippen LogP contribution in [-0.2, 0) is 13.1 Å². The Morgan fingerprint density at radius 1 is 0.571 bits per heavy atom. The number of hydrogen-bond acceptors (Lipinski definition) is 4. The van der Waals surface area contributed by atoms with Gasteiger partial charge in [0.25, 0.3) is 0 Å². The quantitative estimate of drug-likeness (QED) is 0.538. The Hall–Kier alpha value is -2.56. The van der Waals surface area contributed by atoms with Crippen LogP contribution in [0.25, 0.3) is 0 Å². The van der Waals surface area contributed by atoms with Crippen molar-refractivity contribution in [2.75, 3.05) is 23.3 Å². The van der Waals surface area contributed by atoms with Gasteiger partial charge in [0.05, 0.1) is 13.1 Å². The third kappa shape index (κ3) is 3.23. The molecule has 5 rings (SSSR count). The summed E-state index contributed by atoms with van der Waals surface area (Å²) in [5.41, 5.74) is 4.49. The van der Waals surface area contributed by atoms with E-state index in [1.165, 1.54) is 0 Å². The summed E-state index contributed by atoms with van der Waals surface area (Å²) in [4.78, 5) is 4.39. The summed E-state index contributed by atoms with van der Waals surface area (Å²) >= 11 is 12.1. The monoisotopic (exact) mass is 412 g/mol. The number of benzene rings is 3. The standard InChI is InChI=1S/C22H18Cl2N2O2/c23-15-1-5-17(6-2-15)25-11-19-20-12-26(18-7-3-16(24)4-8-18)14-28-22(20)10-9-21(19)27-13-25/h1-10H,11-14H2. The van der Waals surface area contributed by atoms with E-state index in [1.54, 1.807) is 0 Å². The van der Waals surface area contributed by atoms with Crippen molar-refractivity contribution in [2.24, 2.45) is 0 Å². The molecule has 3 aromatic carbocycles. The van der Waals surface area contributed by atoms with Crippen LogP contribution in [0.4, 0.5) is 11.4 Å². The Labute approximate surface area is 173 Å². The Balaban J connectivity index is 1.46. The van der Waals surface area contributed by atoms with Crippen LogP contribution in [0.15, 0.2) is 60.7 Å². The molecule has 0 radical (unpaired) electrons. The van der Waals surface area contributed by atoms with E-state index < -0.39 is 0 Å². The summed E-state index contributed by atoms with van der Waals surface area (Å²) in [7, 11) is 0. The van der Waals surface area contributed by atoms with Gasteiger partial charge in [0.15, 0.2) is 13.5 Å². The first-order valence-corrected chi connectivity index (χ1v) is 9.84. The van der Waals surface area contributed by atoms with Crippen molar-refractivity contribution >= 4 is 34.6 Å². The molecule has 0 atom stereocenters. The van der Waals surface area contributed by atoms with Crippen LogP contribution in [0.1, 0.15) is 11.1 Å². The molecule has 2 heterocycles. The minimum absolute atomic E-state index is 0.509. The van der Waals surface area contributed by atoms with Crippen LogP contribution in [-0.4, -0.2) is 13.5 Å². The van der Waals surface area contributed by atoms with Crippen molar-refractivity contribution in [2.45, 2.75) is 13.1 Å². The topological polar surface area (TPSA) is 24.9 Å². The molecule has 0 unspecified atom stereocenters. The van der Waals surface area contributed by atoms with E-state index in [-0.39, 0.29) is 0 Å². The van der Waals surface area contributed by atoms with Gasteiger partial charge in [-0.3, -0.25) is 0 Å². The predicted molar refractivity (Wildman–Crippen MR) is 113 cm³/mol. The lowest BCUT2D eigenvalue weighted by Crippen LogP contribution is -2.36. The largest absolute Gasteiger partial charge is 0.473 e. The smallest absolute Gasteiger partial charge is 0.161 e. The summed E-state index contributed by atoms with van der Waals surface area (Å²) in [6, 6.07) is 19.7. The molecule has 142 valence electrons. The molecule has 0 saturated heterocycles. The fraction of sp³-hybridized carbons (Fsp3) is 0.182. The zero-order chi connectivity index (χ0) is 19.1. The molecule has 3 aromatic rings. The molecule has 2 aliphatic heterocycles. The Bertz CT molecular complexity index is 924. The second kappa shape index (κ2) is 7.12. The first kappa shape index (κ1) is 17.5. The number of ether oxygens (including phenoxy) is 2. The molecule has 0 aromatic heterocycles. The van der Waals surface area contributed by atoms with E-state index in [0.717, 1.165) is 57.1 Å². The fourth-order valence-electron chi connectivity index (χ4n) is 3.67. The first-order chi connectivity index (χ1) is 13.7. The van der Waals surface area contributed by atoms with Crippen LogP contribution in [0, 0.1) is 0 Å². The maximum Gasteiger partial charge on any atom is 0.161 e. The molecule has 0 aliphatic carbocycles. The summed E-state index contributed by atoms with van der Waals surface area (Å²) in [6.07, 6.45) is 0. The minimum Gasteiger partial charge on any atom is -0.473 e. The van der Waals surface area contributed by atoms with Gasteiger partial charge in [-0.05, 0) is 60.7 Å². The predicted octanol–water partition coefficient (Wildman–Crippen LogP) is 5.71. The van der Waals surface area contributed by atoms with Gasteiger partial charge in [0.1, 0.15) is 11.5 Å². The van der Waals surface area contributed by atoms with Gasteiger partial charge in [-0.1, -0.05) is 23.2 Å². The highest BCUT2D eigenvalue weighted by molar-refractivity contribution is 6.30. The van der Waals surface area contributed by atoms with Gasteiger partial charge in [-0.2, -0.15) is 0 Å². The van der Waals surface area contributed by atoms with E-state index in [2.05, 4.69) is 9.80 Å². The number of hydrogen-bond donors (Lipinski definition) is 0. The Kier molecular flexibility index (Phi) is 4.46. The molecular weight excluding hydrogens is 395 g/mol. The van der Waals surface area contributed by atoms with Gasteiger partial charge >= 0.3 is 0 Å². The lowest BCUT2D eigenvalue weighted by Gasteiger charge is -2.36. The number of rotatable bonds is 2. The molecule has 0 spiro atoms. The SMILES string of the molecule is Clc1ccc(N2COc3ccc4c(c3C2)CN(c2ccc(Cl)cc2)CO4)cc1. The first-order valence-electron chi connectivity index (χ1n) is 9.09. The fourth-order valence-corrected chi connectivity index (χ4v) is 3.92. The molecule has 0 bridgehead atoms. The molecule has 0 amide bonds. The minimum atomic E-state index is 0.509. The van der Waals surface area contributed by atoms with E-state index in [9.17, 15) is 0 Å². The lowest BCUT2D eigenvalue weighted by atomic mass is 10.0. The van der Waals surface area contributed by atoms with Crippen molar-refractivity contribution in [3.63, 3.8) is 0 Å². The number of anilines is 2. The molecular formula is C22H18Cl2N2O2. The highest BCUT2D eigenvalue weighted by Crippen LogP contribution is 2.39. The van der Waals surface area contributed by atoms with Crippen LogP contribution in [0.5, 0.6) is 11.5 Å². The van der Waals surface area contributed by atoms with Crippen molar-refractivity contribution in [1.29, 1.82) is 0 Å². The lowest BCUT2D eigenvalue weighted by molar-refractivity contribution is 0.271. The summed E-state index contributed by atoms with van der Waals surface area (Å²) in [5, 5.41) is 1.46. The molecule has 0 fully saturated rings. The second-order valence-electron chi connectivity index (χ2n) is 6.91.